The second-order valence-electron chi connectivity index (χ2n) is 14.5. The van der Waals surface area contributed by atoms with E-state index in [0.717, 1.165) is 27.8 Å². The summed E-state index contributed by atoms with van der Waals surface area (Å²) >= 11 is 0. The first-order chi connectivity index (χ1) is 24.3. The molecule has 0 fully saturated rings. The molecule has 3 nitrogen and oxygen atoms in total. The second kappa shape index (κ2) is 11.3. The molecule has 50 heavy (non-hydrogen) atoms. The minimum atomic E-state index is -0.0841. The fourth-order valence-electron chi connectivity index (χ4n) is 7.90. The van der Waals surface area contributed by atoms with Crippen LogP contribution < -0.4 is 0 Å². The van der Waals surface area contributed by atoms with Gasteiger partial charge in [0.25, 0.3) is 0 Å². The van der Waals surface area contributed by atoms with Crippen molar-refractivity contribution in [2.75, 3.05) is 0 Å². The molecule has 9 rings (SSSR count). The first-order valence-electron chi connectivity index (χ1n) is 17.4. The first-order valence-corrected chi connectivity index (χ1v) is 17.4. The van der Waals surface area contributed by atoms with Crippen LogP contribution in [0.4, 0.5) is 0 Å². The number of hydrogen-bond donors (Lipinski definition) is 0. The van der Waals surface area contributed by atoms with Gasteiger partial charge in [0, 0.05) is 22.1 Å². The van der Waals surface area contributed by atoms with Crippen LogP contribution in [0.3, 0.4) is 0 Å². The molecule has 240 valence electrons. The predicted molar refractivity (Wildman–Crippen MR) is 208 cm³/mol. The molecule has 0 saturated heterocycles. The summed E-state index contributed by atoms with van der Waals surface area (Å²) in [6, 6.07) is 53.9. The normalized spacial score (nSPS) is 14.3. The van der Waals surface area contributed by atoms with Crippen LogP contribution in [0.1, 0.15) is 38.8 Å². The van der Waals surface area contributed by atoms with Gasteiger partial charge in [-0.25, -0.2) is 15.0 Å². The molecule has 0 N–H and O–H groups in total. The van der Waals surface area contributed by atoms with Crippen molar-refractivity contribution in [1.82, 2.24) is 15.0 Å². The molecule has 1 aliphatic rings. The lowest BCUT2D eigenvalue weighted by Gasteiger charge is -2.49. The molecule has 0 aliphatic heterocycles. The van der Waals surface area contributed by atoms with E-state index in [1.807, 2.05) is 60.7 Å². The molecule has 1 heterocycles. The van der Waals surface area contributed by atoms with Gasteiger partial charge in [0.05, 0.1) is 0 Å². The number of rotatable bonds is 4. The number of nitrogens with zero attached hydrogens (tertiary/aromatic N) is 3. The van der Waals surface area contributed by atoms with Crippen molar-refractivity contribution in [1.29, 1.82) is 0 Å². The van der Waals surface area contributed by atoms with E-state index < -0.39 is 0 Å². The predicted octanol–water partition coefficient (Wildman–Crippen LogP) is 12.1. The summed E-state index contributed by atoms with van der Waals surface area (Å²) in [7, 11) is 0. The largest absolute Gasteiger partial charge is 0.208 e. The van der Waals surface area contributed by atoms with Crippen molar-refractivity contribution in [2.24, 2.45) is 0 Å². The molecular weight excluding hydrogens is 607 g/mol. The van der Waals surface area contributed by atoms with Gasteiger partial charge in [0.2, 0.25) is 0 Å². The van der Waals surface area contributed by atoms with Crippen LogP contribution >= 0.6 is 0 Å². The van der Waals surface area contributed by atoms with E-state index in [2.05, 4.69) is 119 Å². The summed E-state index contributed by atoms with van der Waals surface area (Å²) in [5.74, 6) is 1.98. The van der Waals surface area contributed by atoms with Crippen molar-refractivity contribution >= 4 is 21.5 Å². The van der Waals surface area contributed by atoms with Crippen molar-refractivity contribution in [3.63, 3.8) is 0 Å². The lowest BCUT2D eigenvalue weighted by atomic mass is 9.54. The van der Waals surface area contributed by atoms with Crippen LogP contribution in [0.15, 0.2) is 152 Å². The quantitative estimate of drug-likeness (QED) is 0.179. The Morgan fingerprint density at radius 3 is 1.62 bits per heavy atom. The maximum absolute atomic E-state index is 4.98. The monoisotopic (exact) mass is 643 g/mol. The molecule has 1 aromatic heterocycles. The van der Waals surface area contributed by atoms with E-state index in [-0.39, 0.29) is 10.8 Å². The Morgan fingerprint density at radius 1 is 0.380 bits per heavy atom. The minimum Gasteiger partial charge on any atom is -0.208 e. The van der Waals surface area contributed by atoms with Gasteiger partial charge >= 0.3 is 0 Å². The first kappa shape index (κ1) is 30.2. The molecule has 0 amide bonds. The zero-order valence-corrected chi connectivity index (χ0v) is 28.8. The zero-order chi connectivity index (χ0) is 34.0. The highest BCUT2D eigenvalue weighted by molar-refractivity contribution is 6.13. The third-order valence-electron chi connectivity index (χ3n) is 11.2. The second-order valence-corrected chi connectivity index (χ2v) is 14.5. The SMILES string of the molecule is CC1(C)c2ccccc2-c2ccc3ccc4cc(-c5cccc(-c6nc(-c7ccccc7)nc(-c7ccccc7)n6)c5)ccc4c3c2C1(C)C. The Hall–Kier alpha value is -5.93. The van der Waals surface area contributed by atoms with Crippen LogP contribution in [0.25, 0.3) is 78.0 Å². The highest BCUT2D eigenvalue weighted by Gasteiger charge is 2.46. The van der Waals surface area contributed by atoms with Crippen LogP contribution in [-0.2, 0) is 10.8 Å². The molecule has 3 heteroatoms. The standard InChI is InChI=1S/C47H37N3/c1-46(2)40-21-12-11-20-38(40)39-27-24-30-22-23-35-28-34(25-26-37(35)41(30)42(39)47(46,3)4)33-18-13-19-36(29-33)45-49-43(31-14-7-5-8-15-31)48-44(50-45)32-16-9-6-10-17-32/h5-29H,1-4H3. The fraction of sp³-hybridized carbons (Fsp3) is 0.128. The Labute approximate surface area is 293 Å². The van der Waals surface area contributed by atoms with Crippen LogP contribution in [-0.4, -0.2) is 15.0 Å². The molecule has 0 saturated carbocycles. The molecular formula is C47H37N3. The van der Waals surface area contributed by atoms with Gasteiger partial charge in [-0.1, -0.05) is 167 Å². The van der Waals surface area contributed by atoms with Gasteiger partial charge in [-0.2, -0.15) is 0 Å². The number of benzene rings is 7. The van der Waals surface area contributed by atoms with Gasteiger partial charge in [-0.3, -0.25) is 0 Å². The Kier molecular flexibility index (Phi) is 6.82. The Morgan fingerprint density at radius 2 is 0.920 bits per heavy atom. The van der Waals surface area contributed by atoms with Crippen molar-refractivity contribution in [3.8, 4) is 56.4 Å². The zero-order valence-electron chi connectivity index (χ0n) is 28.8. The van der Waals surface area contributed by atoms with E-state index in [0.29, 0.717) is 17.5 Å². The van der Waals surface area contributed by atoms with Gasteiger partial charge < -0.3 is 0 Å². The smallest absolute Gasteiger partial charge is 0.164 e. The number of hydrogen-bond acceptors (Lipinski definition) is 3. The molecule has 7 aromatic carbocycles. The maximum atomic E-state index is 4.98. The van der Waals surface area contributed by atoms with Gasteiger partial charge in [-0.15, -0.1) is 0 Å². The summed E-state index contributed by atoms with van der Waals surface area (Å²) in [5, 5.41) is 5.17. The lowest BCUT2D eigenvalue weighted by Crippen LogP contribution is -2.43. The van der Waals surface area contributed by atoms with Gasteiger partial charge in [0.1, 0.15) is 0 Å². The number of fused-ring (bicyclic) bond motifs is 7. The van der Waals surface area contributed by atoms with Crippen LogP contribution in [0.5, 0.6) is 0 Å². The van der Waals surface area contributed by atoms with Crippen LogP contribution in [0.2, 0.25) is 0 Å². The molecule has 0 bridgehead atoms. The summed E-state index contributed by atoms with van der Waals surface area (Å²) in [5.41, 5.74) is 10.6. The third kappa shape index (κ3) is 4.69. The highest BCUT2D eigenvalue weighted by atomic mass is 15.0. The summed E-state index contributed by atoms with van der Waals surface area (Å²) in [6.45, 7) is 9.66. The summed E-state index contributed by atoms with van der Waals surface area (Å²) < 4.78 is 0. The summed E-state index contributed by atoms with van der Waals surface area (Å²) in [6.07, 6.45) is 0. The van der Waals surface area contributed by atoms with Gasteiger partial charge in [-0.05, 0) is 72.5 Å². The molecule has 0 unspecified atom stereocenters. The minimum absolute atomic E-state index is 0.0385. The Bertz CT molecular complexity index is 2530. The topological polar surface area (TPSA) is 38.7 Å². The van der Waals surface area contributed by atoms with E-state index in [1.54, 1.807) is 0 Å². The van der Waals surface area contributed by atoms with Crippen molar-refractivity contribution in [3.05, 3.63) is 163 Å². The molecule has 0 spiro atoms. The molecule has 0 atom stereocenters. The molecule has 8 aromatic rings. The van der Waals surface area contributed by atoms with E-state index in [4.69, 9.17) is 15.0 Å². The average Bonchev–Trinajstić information content (AvgIpc) is 3.17. The van der Waals surface area contributed by atoms with Crippen molar-refractivity contribution in [2.45, 2.75) is 38.5 Å². The van der Waals surface area contributed by atoms with Crippen molar-refractivity contribution < 1.29 is 0 Å². The van der Waals surface area contributed by atoms with Crippen LogP contribution in [0, 0.1) is 0 Å². The maximum Gasteiger partial charge on any atom is 0.164 e. The third-order valence-corrected chi connectivity index (χ3v) is 11.2. The highest BCUT2D eigenvalue weighted by Crippen LogP contribution is 2.56. The molecule has 0 radical (unpaired) electrons. The van der Waals surface area contributed by atoms with E-state index in [1.165, 1.54) is 43.8 Å². The van der Waals surface area contributed by atoms with E-state index in [9.17, 15) is 0 Å². The lowest BCUT2D eigenvalue weighted by molar-refractivity contribution is 0.301. The Balaban J connectivity index is 1.18. The van der Waals surface area contributed by atoms with E-state index >= 15 is 0 Å². The van der Waals surface area contributed by atoms with Gasteiger partial charge in [0.15, 0.2) is 17.5 Å². The summed E-state index contributed by atoms with van der Waals surface area (Å²) in [4.78, 5) is 14.8. The molecule has 1 aliphatic carbocycles. The fourth-order valence-corrected chi connectivity index (χ4v) is 7.90. The number of aromatic nitrogens is 3. The average molecular weight is 644 g/mol.